The predicted molar refractivity (Wildman–Crippen MR) is 83.9 cm³/mol. The van der Waals surface area contributed by atoms with Crippen molar-refractivity contribution in [1.29, 1.82) is 0 Å². The molecule has 0 aliphatic rings. The van der Waals surface area contributed by atoms with Gasteiger partial charge in [0.1, 0.15) is 0 Å². The molecule has 0 unspecified atom stereocenters. The molecular formula is C15H13N3O5. The van der Waals surface area contributed by atoms with E-state index in [0.29, 0.717) is 11.3 Å². The Morgan fingerprint density at radius 3 is 2.30 bits per heavy atom. The predicted octanol–water partition coefficient (Wildman–Crippen LogP) is 3.25. The molecule has 0 aliphatic carbocycles. The fraction of sp³-hybridized carbons (Fsp3) is 0.0667. The maximum atomic E-state index is 11.9. The number of amides is 2. The highest BCUT2D eigenvalue weighted by Gasteiger charge is 2.15. The number of aryl methyl sites for hydroxylation is 1. The van der Waals surface area contributed by atoms with E-state index >= 15 is 0 Å². The van der Waals surface area contributed by atoms with E-state index in [-0.39, 0.29) is 16.9 Å². The smallest absolute Gasteiger partial charge is 0.338 e. The van der Waals surface area contributed by atoms with Gasteiger partial charge >= 0.3 is 12.0 Å². The van der Waals surface area contributed by atoms with Crippen LogP contribution in [0.15, 0.2) is 42.5 Å². The number of nitrogens with zero attached hydrogens (tertiary/aromatic N) is 1. The zero-order valence-electron chi connectivity index (χ0n) is 12.1. The monoisotopic (exact) mass is 315 g/mol. The largest absolute Gasteiger partial charge is 0.478 e. The molecule has 0 heterocycles. The van der Waals surface area contributed by atoms with Crippen molar-refractivity contribution in [3.63, 3.8) is 0 Å². The molecule has 2 rings (SSSR count). The molecule has 0 spiro atoms. The third kappa shape index (κ3) is 3.82. The Morgan fingerprint density at radius 2 is 1.74 bits per heavy atom. The van der Waals surface area contributed by atoms with Crippen LogP contribution in [0.1, 0.15) is 15.9 Å². The molecule has 8 heteroatoms. The van der Waals surface area contributed by atoms with Gasteiger partial charge in [0, 0.05) is 17.8 Å². The van der Waals surface area contributed by atoms with Crippen molar-refractivity contribution in [2.75, 3.05) is 10.6 Å². The number of benzene rings is 2. The number of nitrogens with one attached hydrogen (secondary N) is 2. The second-order valence-electron chi connectivity index (χ2n) is 4.69. The molecule has 0 radical (unpaired) electrons. The number of carboxylic acid groups (broad SMARTS) is 1. The molecular weight excluding hydrogens is 302 g/mol. The van der Waals surface area contributed by atoms with Crippen LogP contribution in [-0.2, 0) is 0 Å². The minimum Gasteiger partial charge on any atom is -0.478 e. The molecule has 0 saturated heterocycles. The van der Waals surface area contributed by atoms with E-state index in [1.807, 2.05) is 0 Å². The van der Waals surface area contributed by atoms with Crippen LogP contribution in [0.4, 0.5) is 21.9 Å². The summed E-state index contributed by atoms with van der Waals surface area (Å²) in [7, 11) is 0. The van der Waals surface area contributed by atoms with Crippen molar-refractivity contribution in [2.45, 2.75) is 6.92 Å². The van der Waals surface area contributed by atoms with Crippen LogP contribution in [-0.4, -0.2) is 22.0 Å². The van der Waals surface area contributed by atoms with Crippen LogP contribution < -0.4 is 10.6 Å². The molecule has 23 heavy (non-hydrogen) atoms. The van der Waals surface area contributed by atoms with Gasteiger partial charge in [0.05, 0.1) is 16.2 Å². The number of nitro groups is 1. The van der Waals surface area contributed by atoms with Crippen molar-refractivity contribution in [2.24, 2.45) is 0 Å². The second kappa shape index (κ2) is 6.56. The molecule has 0 bridgehead atoms. The van der Waals surface area contributed by atoms with Crippen molar-refractivity contribution < 1.29 is 19.6 Å². The summed E-state index contributed by atoms with van der Waals surface area (Å²) >= 11 is 0. The van der Waals surface area contributed by atoms with E-state index in [1.165, 1.54) is 30.3 Å². The van der Waals surface area contributed by atoms with E-state index in [0.717, 1.165) is 0 Å². The zero-order valence-corrected chi connectivity index (χ0v) is 12.1. The molecule has 118 valence electrons. The minimum absolute atomic E-state index is 0.00588. The van der Waals surface area contributed by atoms with Crippen molar-refractivity contribution >= 4 is 29.1 Å². The fourth-order valence-corrected chi connectivity index (χ4v) is 2.01. The van der Waals surface area contributed by atoms with Gasteiger partial charge in [-0.05, 0) is 30.7 Å². The summed E-state index contributed by atoms with van der Waals surface area (Å²) in [4.78, 5) is 33.2. The maximum absolute atomic E-state index is 11.9. The molecule has 8 nitrogen and oxygen atoms in total. The van der Waals surface area contributed by atoms with Gasteiger partial charge in [-0.2, -0.15) is 0 Å². The Morgan fingerprint density at radius 1 is 1.09 bits per heavy atom. The lowest BCUT2D eigenvalue weighted by atomic mass is 10.1. The average molecular weight is 315 g/mol. The Kier molecular flexibility index (Phi) is 4.55. The number of carboxylic acids is 1. The van der Waals surface area contributed by atoms with Gasteiger partial charge in [0.2, 0.25) is 0 Å². The van der Waals surface area contributed by atoms with Crippen molar-refractivity contribution in [3.05, 3.63) is 63.7 Å². The van der Waals surface area contributed by atoms with Crippen LogP contribution in [0, 0.1) is 17.0 Å². The van der Waals surface area contributed by atoms with E-state index in [4.69, 9.17) is 0 Å². The normalized spacial score (nSPS) is 9.96. The maximum Gasteiger partial charge on any atom is 0.338 e. The Hall–Kier alpha value is -3.42. The highest BCUT2D eigenvalue weighted by atomic mass is 16.6. The van der Waals surface area contributed by atoms with Crippen molar-refractivity contribution in [1.82, 2.24) is 0 Å². The van der Waals surface area contributed by atoms with Crippen LogP contribution >= 0.6 is 0 Å². The molecule has 0 atom stereocenters. The van der Waals surface area contributed by atoms with Crippen LogP contribution in [0.3, 0.4) is 0 Å². The lowest BCUT2D eigenvalue weighted by molar-refractivity contribution is -0.384. The lowest BCUT2D eigenvalue weighted by Gasteiger charge is -2.11. The number of hydrogen-bond acceptors (Lipinski definition) is 4. The summed E-state index contributed by atoms with van der Waals surface area (Å²) in [6.07, 6.45) is 0. The number of carbonyl (C=O) groups is 2. The number of aromatic carboxylic acids is 1. The third-order valence-electron chi connectivity index (χ3n) is 3.07. The molecule has 0 fully saturated rings. The average Bonchev–Trinajstić information content (AvgIpc) is 2.47. The summed E-state index contributed by atoms with van der Waals surface area (Å²) in [5.74, 6) is -1.14. The van der Waals surface area contributed by atoms with E-state index in [1.54, 1.807) is 19.1 Å². The summed E-state index contributed by atoms with van der Waals surface area (Å²) < 4.78 is 0. The van der Waals surface area contributed by atoms with Crippen LogP contribution in [0.25, 0.3) is 0 Å². The van der Waals surface area contributed by atoms with Gasteiger partial charge in [-0.3, -0.25) is 10.1 Å². The van der Waals surface area contributed by atoms with E-state index < -0.39 is 16.9 Å². The van der Waals surface area contributed by atoms with Gasteiger partial charge < -0.3 is 15.7 Å². The topological polar surface area (TPSA) is 122 Å². The fourth-order valence-electron chi connectivity index (χ4n) is 2.01. The number of hydrogen-bond donors (Lipinski definition) is 3. The number of anilines is 2. The third-order valence-corrected chi connectivity index (χ3v) is 3.07. The standard InChI is InChI=1S/C15H13N3O5/c1-9-3-2-4-12(13(9)14(19)20)17-15(21)16-10-5-7-11(8-6-10)18(22)23/h2-8H,1H3,(H,19,20)(H2,16,17,21). The van der Waals surface area contributed by atoms with Crippen LogP contribution in [0.2, 0.25) is 0 Å². The van der Waals surface area contributed by atoms with Crippen molar-refractivity contribution in [3.8, 4) is 0 Å². The highest BCUT2D eigenvalue weighted by Crippen LogP contribution is 2.20. The summed E-state index contributed by atoms with van der Waals surface area (Å²) in [6, 6.07) is 9.36. The number of rotatable bonds is 4. The first-order valence-corrected chi connectivity index (χ1v) is 6.54. The minimum atomic E-state index is -1.14. The SMILES string of the molecule is Cc1cccc(NC(=O)Nc2ccc([N+](=O)[O-])cc2)c1C(=O)O. The van der Waals surface area contributed by atoms with Gasteiger partial charge in [-0.1, -0.05) is 12.1 Å². The highest BCUT2D eigenvalue weighted by molar-refractivity contribution is 6.05. The quantitative estimate of drug-likeness (QED) is 0.590. The second-order valence-corrected chi connectivity index (χ2v) is 4.69. The summed E-state index contributed by atoms with van der Waals surface area (Å²) in [5.41, 5.74) is 0.939. The lowest BCUT2D eigenvalue weighted by Crippen LogP contribution is -2.21. The Balaban J connectivity index is 2.12. The number of non-ortho nitro benzene ring substituents is 1. The first-order chi connectivity index (χ1) is 10.9. The van der Waals surface area contributed by atoms with Gasteiger partial charge in [-0.15, -0.1) is 0 Å². The van der Waals surface area contributed by atoms with E-state index in [9.17, 15) is 24.8 Å². The first kappa shape index (κ1) is 16.0. The van der Waals surface area contributed by atoms with Gasteiger partial charge in [0.25, 0.3) is 5.69 Å². The molecule has 0 aliphatic heterocycles. The van der Waals surface area contributed by atoms with Gasteiger partial charge in [0.15, 0.2) is 0 Å². The summed E-state index contributed by atoms with van der Waals surface area (Å²) in [6.45, 7) is 1.63. The molecule has 0 saturated carbocycles. The molecule has 0 aromatic heterocycles. The number of nitro benzene ring substituents is 1. The number of carbonyl (C=O) groups excluding carboxylic acids is 1. The van der Waals surface area contributed by atoms with Crippen LogP contribution in [0.5, 0.6) is 0 Å². The Labute approximate surface area is 130 Å². The molecule has 3 N–H and O–H groups in total. The first-order valence-electron chi connectivity index (χ1n) is 6.54. The number of urea groups is 1. The van der Waals surface area contributed by atoms with E-state index in [2.05, 4.69) is 10.6 Å². The zero-order chi connectivity index (χ0) is 17.0. The molecule has 2 aromatic carbocycles. The molecule has 2 aromatic rings. The molecule has 2 amide bonds. The summed E-state index contributed by atoms with van der Waals surface area (Å²) in [5, 5.41) is 24.7. The Bertz CT molecular complexity index is 771. The van der Waals surface area contributed by atoms with Gasteiger partial charge in [-0.25, -0.2) is 9.59 Å².